The fraction of sp³-hybridized carbons (Fsp3) is 0.304. The van der Waals surface area contributed by atoms with Crippen LogP contribution in [0.1, 0.15) is 40.4 Å². The number of carboxylic acids is 1. The number of aromatic carboxylic acids is 1. The molecule has 1 N–H and O–H groups in total. The molecular weight excluding hydrogens is 366 g/mol. The molecule has 1 aromatic heterocycles. The van der Waals surface area contributed by atoms with Crippen LogP contribution in [0.2, 0.25) is 0 Å². The fourth-order valence-corrected chi connectivity index (χ4v) is 3.74. The van der Waals surface area contributed by atoms with Gasteiger partial charge in [-0.25, -0.2) is 4.79 Å². The second-order valence-corrected chi connectivity index (χ2v) is 7.37. The summed E-state index contributed by atoms with van der Waals surface area (Å²) in [6.07, 6.45) is 4.95. The molecule has 2 heterocycles. The maximum absolute atomic E-state index is 11.0. The van der Waals surface area contributed by atoms with Crippen LogP contribution in [0, 0.1) is 0 Å². The number of likely N-dealkylation sites (tertiary alicyclic amines) is 1. The van der Waals surface area contributed by atoms with E-state index in [0.717, 1.165) is 25.9 Å². The van der Waals surface area contributed by atoms with E-state index in [4.69, 9.17) is 9.84 Å². The molecule has 0 unspecified atom stereocenters. The van der Waals surface area contributed by atoms with Gasteiger partial charge in [-0.05, 0) is 24.0 Å². The zero-order chi connectivity index (χ0) is 20.1. The van der Waals surface area contributed by atoms with Crippen molar-refractivity contribution in [3.63, 3.8) is 0 Å². The molecule has 0 radical (unpaired) electrons. The van der Waals surface area contributed by atoms with Gasteiger partial charge in [0, 0.05) is 19.3 Å². The van der Waals surface area contributed by atoms with E-state index in [2.05, 4.69) is 34.3 Å². The van der Waals surface area contributed by atoms with Gasteiger partial charge in [0.1, 0.15) is 6.10 Å². The summed E-state index contributed by atoms with van der Waals surface area (Å²) in [6, 6.07) is 20.7. The maximum atomic E-state index is 11.0. The van der Waals surface area contributed by atoms with Crippen LogP contribution in [0.15, 0.2) is 73.1 Å². The van der Waals surface area contributed by atoms with Crippen molar-refractivity contribution in [3.8, 4) is 0 Å². The van der Waals surface area contributed by atoms with Crippen molar-refractivity contribution < 1.29 is 14.6 Å². The summed E-state index contributed by atoms with van der Waals surface area (Å²) >= 11 is 0. The number of hydrogen-bond donors (Lipinski definition) is 1. The number of hydrogen-bond acceptors (Lipinski definition) is 4. The molecule has 0 amide bonds. The Labute approximate surface area is 170 Å². The van der Waals surface area contributed by atoms with Crippen LogP contribution in [0.3, 0.4) is 0 Å². The number of carbonyl (C=O) groups is 1. The average molecular weight is 391 g/mol. The largest absolute Gasteiger partial charge is 0.478 e. The highest BCUT2D eigenvalue weighted by atomic mass is 16.5. The Morgan fingerprint density at radius 2 is 1.62 bits per heavy atom. The number of carboxylic acid groups (broad SMARTS) is 1. The average Bonchev–Trinajstić information content (AvgIpc) is 3.23. The molecule has 29 heavy (non-hydrogen) atoms. The zero-order valence-corrected chi connectivity index (χ0v) is 16.2. The third-order valence-electron chi connectivity index (χ3n) is 5.29. The van der Waals surface area contributed by atoms with E-state index in [1.54, 1.807) is 10.9 Å². The van der Waals surface area contributed by atoms with Gasteiger partial charge in [0.15, 0.2) is 0 Å². The summed E-state index contributed by atoms with van der Waals surface area (Å²) in [4.78, 5) is 13.3. The predicted octanol–water partition coefficient (Wildman–Crippen LogP) is 3.81. The molecule has 0 spiro atoms. The van der Waals surface area contributed by atoms with Crippen molar-refractivity contribution in [2.75, 3.05) is 13.1 Å². The highest BCUT2D eigenvalue weighted by Crippen LogP contribution is 2.30. The minimum Gasteiger partial charge on any atom is -0.478 e. The number of benzene rings is 2. The van der Waals surface area contributed by atoms with Crippen LogP contribution in [0.5, 0.6) is 0 Å². The topological polar surface area (TPSA) is 67.6 Å². The highest BCUT2D eigenvalue weighted by molar-refractivity contribution is 5.86. The van der Waals surface area contributed by atoms with Crippen molar-refractivity contribution in [1.29, 1.82) is 0 Å². The molecular formula is C23H25N3O3. The molecule has 1 aliphatic rings. The lowest BCUT2D eigenvalue weighted by Crippen LogP contribution is -2.38. The summed E-state index contributed by atoms with van der Waals surface area (Å²) in [6.45, 7) is 2.38. The van der Waals surface area contributed by atoms with Crippen molar-refractivity contribution in [2.45, 2.75) is 31.7 Å². The Hall–Kier alpha value is -2.96. The number of rotatable bonds is 7. The van der Waals surface area contributed by atoms with Crippen molar-refractivity contribution in [3.05, 3.63) is 89.7 Å². The zero-order valence-electron chi connectivity index (χ0n) is 16.2. The summed E-state index contributed by atoms with van der Waals surface area (Å²) in [5, 5.41) is 13.2. The molecule has 1 aliphatic heterocycles. The van der Waals surface area contributed by atoms with Gasteiger partial charge >= 0.3 is 5.97 Å². The molecule has 0 aliphatic carbocycles. The second-order valence-electron chi connectivity index (χ2n) is 7.37. The lowest BCUT2D eigenvalue weighted by Gasteiger charge is -2.34. The third-order valence-corrected chi connectivity index (χ3v) is 5.29. The molecule has 6 nitrogen and oxygen atoms in total. The number of nitrogens with zero attached hydrogens (tertiary/aromatic N) is 3. The standard InChI is InChI=1S/C23H25N3O3/c27-23(28)20-15-24-26(16-20)17-25-13-11-21(12-14-25)29-22(18-7-3-1-4-8-18)19-9-5-2-6-10-19/h1-10,15-16,21-22H,11-14,17H2,(H,27,28). The Bertz CT molecular complexity index is 879. The first-order valence-electron chi connectivity index (χ1n) is 9.92. The van der Waals surface area contributed by atoms with E-state index in [0.29, 0.717) is 6.67 Å². The summed E-state index contributed by atoms with van der Waals surface area (Å²) in [5.74, 6) is -0.948. The number of piperidine rings is 1. The van der Waals surface area contributed by atoms with Gasteiger partial charge in [-0.1, -0.05) is 60.7 Å². The first-order valence-corrected chi connectivity index (χ1v) is 9.92. The second kappa shape index (κ2) is 9.03. The van der Waals surface area contributed by atoms with Gasteiger partial charge in [0.2, 0.25) is 0 Å². The normalized spacial score (nSPS) is 15.6. The number of ether oxygens (including phenoxy) is 1. The molecule has 0 bridgehead atoms. The van der Waals surface area contributed by atoms with Gasteiger partial charge < -0.3 is 9.84 Å². The smallest absolute Gasteiger partial charge is 0.338 e. The van der Waals surface area contributed by atoms with Crippen molar-refractivity contribution >= 4 is 5.97 Å². The minimum absolute atomic E-state index is 0.0711. The Morgan fingerprint density at radius 1 is 1.03 bits per heavy atom. The quantitative estimate of drug-likeness (QED) is 0.663. The summed E-state index contributed by atoms with van der Waals surface area (Å²) in [7, 11) is 0. The molecule has 6 heteroatoms. The summed E-state index contributed by atoms with van der Waals surface area (Å²) < 4.78 is 8.25. The van der Waals surface area contributed by atoms with Crippen LogP contribution in [-0.4, -0.2) is 44.9 Å². The SMILES string of the molecule is O=C(O)c1cnn(CN2CCC(OC(c3ccccc3)c3ccccc3)CC2)c1. The van der Waals surface area contributed by atoms with Gasteiger partial charge in [-0.2, -0.15) is 5.10 Å². The fourth-order valence-electron chi connectivity index (χ4n) is 3.74. The molecule has 1 fully saturated rings. The highest BCUT2D eigenvalue weighted by Gasteiger charge is 2.25. The predicted molar refractivity (Wildman–Crippen MR) is 110 cm³/mol. The van der Waals surface area contributed by atoms with Gasteiger partial charge in [-0.3, -0.25) is 9.58 Å². The Kier molecular flexibility index (Phi) is 6.03. The van der Waals surface area contributed by atoms with Crippen LogP contribution >= 0.6 is 0 Å². The maximum Gasteiger partial charge on any atom is 0.338 e. The Balaban J connectivity index is 1.37. The lowest BCUT2D eigenvalue weighted by atomic mass is 10.00. The lowest BCUT2D eigenvalue weighted by molar-refractivity contribution is -0.0319. The number of aromatic nitrogens is 2. The van der Waals surface area contributed by atoms with Gasteiger partial charge in [0.25, 0.3) is 0 Å². The van der Waals surface area contributed by atoms with E-state index in [9.17, 15) is 4.79 Å². The monoisotopic (exact) mass is 391 g/mol. The first kappa shape index (κ1) is 19.4. The van der Waals surface area contributed by atoms with Crippen molar-refractivity contribution in [1.82, 2.24) is 14.7 Å². The van der Waals surface area contributed by atoms with Crippen LogP contribution in [-0.2, 0) is 11.4 Å². The molecule has 3 aromatic rings. The molecule has 150 valence electrons. The molecule has 2 aromatic carbocycles. The molecule has 0 atom stereocenters. The third kappa shape index (κ3) is 4.91. The van der Waals surface area contributed by atoms with E-state index >= 15 is 0 Å². The molecule has 0 saturated carbocycles. The van der Waals surface area contributed by atoms with E-state index in [1.165, 1.54) is 17.3 Å². The molecule has 4 rings (SSSR count). The Morgan fingerprint density at radius 3 is 2.14 bits per heavy atom. The summed E-state index contributed by atoms with van der Waals surface area (Å²) in [5.41, 5.74) is 2.55. The van der Waals surface area contributed by atoms with Crippen LogP contribution in [0.4, 0.5) is 0 Å². The van der Waals surface area contributed by atoms with Gasteiger partial charge in [-0.15, -0.1) is 0 Å². The molecule has 1 saturated heterocycles. The van der Waals surface area contributed by atoms with Gasteiger partial charge in [0.05, 0.1) is 24.5 Å². The van der Waals surface area contributed by atoms with E-state index in [-0.39, 0.29) is 17.8 Å². The van der Waals surface area contributed by atoms with Crippen LogP contribution in [0.25, 0.3) is 0 Å². The van der Waals surface area contributed by atoms with E-state index in [1.807, 2.05) is 36.4 Å². The van der Waals surface area contributed by atoms with E-state index < -0.39 is 5.97 Å². The first-order chi connectivity index (χ1) is 14.2. The van der Waals surface area contributed by atoms with Crippen molar-refractivity contribution in [2.24, 2.45) is 0 Å². The van der Waals surface area contributed by atoms with Crippen LogP contribution < -0.4 is 0 Å². The minimum atomic E-state index is -0.948.